The first-order valence-corrected chi connectivity index (χ1v) is 6.10. The molecule has 98 valence electrons. The Labute approximate surface area is 103 Å². The van der Waals surface area contributed by atoms with Gasteiger partial charge in [0.1, 0.15) is 0 Å². The van der Waals surface area contributed by atoms with Gasteiger partial charge in [-0.1, -0.05) is 13.8 Å². The van der Waals surface area contributed by atoms with Crippen molar-refractivity contribution in [1.29, 1.82) is 0 Å². The van der Waals surface area contributed by atoms with Crippen LogP contribution in [0, 0.1) is 5.92 Å². The quantitative estimate of drug-likeness (QED) is 0.714. The topological polar surface area (TPSA) is 64.9 Å². The molecule has 0 saturated carbocycles. The van der Waals surface area contributed by atoms with Crippen LogP contribution in [0.5, 0.6) is 0 Å². The molecule has 0 spiro atoms. The SMILES string of the molecule is CCNC(Cc1nnn(C)n1)CC(C)COC. The predicted molar refractivity (Wildman–Crippen MR) is 65.6 cm³/mol. The maximum Gasteiger partial charge on any atom is 0.176 e. The third-order valence-electron chi connectivity index (χ3n) is 2.61. The maximum atomic E-state index is 5.16. The van der Waals surface area contributed by atoms with Crippen LogP contribution in [0.15, 0.2) is 0 Å². The summed E-state index contributed by atoms with van der Waals surface area (Å²) in [6.45, 7) is 6.04. The number of rotatable bonds is 8. The number of hydrogen-bond donors (Lipinski definition) is 1. The lowest BCUT2D eigenvalue weighted by Gasteiger charge is -2.20. The van der Waals surface area contributed by atoms with Crippen LogP contribution in [0.3, 0.4) is 0 Å². The fourth-order valence-electron chi connectivity index (χ4n) is 1.99. The molecule has 1 heterocycles. The van der Waals surface area contributed by atoms with E-state index in [2.05, 4.69) is 34.6 Å². The zero-order chi connectivity index (χ0) is 12.7. The highest BCUT2D eigenvalue weighted by Gasteiger charge is 2.15. The van der Waals surface area contributed by atoms with Gasteiger partial charge in [-0.2, -0.15) is 4.80 Å². The number of methoxy groups -OCH3 is 1. The van der Waals surface area contributed by atoms with Gasteiger partial charge in [0.15, 0.2) is 5.82 Å². The minimum absolute atomic E-state index is 0.384. The third kappa shape index (κ3) is 5.23. The van der Waals surface area contributed by atoms with E-state index in [1.807, 2.05) is 0 Å². The van der Waals surface area contributed by atoms with E-state index in [0.29, 0.717) is 12.0 Å². The summed E-state index contributed by atoms with van der Waals surface area (Å²) in [5, 5.41) is 15.5. The van der Waals surface area contributed by atoms with Crippen LogP contribution in [0.1, 0.15) is 26.1 Å². The molecule has 0 radical (unpaired) electrons. The van der Waals surface area contributed by atoms with E-state index >= 15 is 0 Å². The van der Waals surface area contributed by atoms with Gasteiger partial charge in [-0.05, 0) is 24.1 Å². The number of nitrogens with one attached hydrogen (secondary N) is 1. The molecule has 2 unspecified atom stereocenters. The van der Waals surface area contributed by atoms with Gasteiger partial charge in [0.2, 0.25) is 0 Å². The molecule has 17 heavy (non-hydrogen) atoms. The fraction of sp³-hybridized carbons (Fsp3) is 0.909. The van der Waals surface area contributed by atoms with Crippen LogP contribution in [0.2, 0.25) is 0 Å². The lowest BCUT2D eigenvalue weighted by atomic mass is 10.00. The summed E-state index contributed by atoms with van der Waals surface area (Å²) in [4.78, 5) is 1.50. The Balaban J connectivity index is 2.47. The Morgan fingerprint density at radius 3 is 2.76 bits per heavy atom. The van der Waals surface area contributed by atoms with Crippen molar-refractivity contribution in [1.82, 2.24) is 25.5 Å². The standard InChI is InChI=1S/C11H23N5O/c1-5-12-10(6-9(2)8-17-4)7-11-13-15-16(3)14-11/h9-10,12H,5-8H2,1-4H3. The first-order chi connectivity index (χ1) is 8.15. The van der Waals surface area contributed by atoms with Gasteiger partial charge in [0, 0.05) is 26.2 Å². The smallest absolute Gasteiger partial charge is 0.176 e. The molecule has 1 N–H and O–H groups in total. The molecular weight excluding hydrogens is 218 g/mol. The van der Waals surface area contributed by atoms with Gasteiger partial charge in [0.25, 0.3) is 0 Å². The van der Waals surface area contributed by atoms with Gasteiger partial charge in [0.05, 0.1) is 7.05 Å². The Kier molecular flexibility index (Phi) is 6.07. The van der Waals surface area contributed by atoms with Gasteiger partial charge in [-0.15, -0.1) is 10.2 Å². The summed E-state index contributed by atoms with van der Waals surface area (Å²) in [5.41, 5.74) is 0. The van der Waals surface area contributed by atoms with E-state index in [1.165, 1.54) is 4.80 Å². The van der Waals surface area contributed by atoms with Crippen LogP contribution in [0.25, 0.3) is 0 Å². The molecule has 0 aliphatic rings. The number of nitrogens with zero attached hydrogens (tertiary/aromatic N) is 4. The molecule has 2 atom stereocenters. The maximum absolute atomic E-state index is 5.16. The largest absolute Gasteiger partial charge is 0.384 e. The van der Waals surface area contributed by atoms with Crippen molar-refractivity contribution < 1.29 is 4.74 Å². The summed E-state index contributed by atoms with van der Waals surface area (Å²) in [6, 6.07) is 0.384. The van der Waals surface area contributed by atoms with Crippen LogP contribution >= 0.6 is 0 Å². The van der Waals surface area contributed by atoms with Gasteiger partial charge >= 0.3 is 0 Å². The molecule has 0 saturated heterocycles. The lowest BCUT2D eigenvalue weighted by Crippen LogP contribution is -2.33. The normalized spacial score (nSPS) is 14.8. The van der Waals surface area contributed by atoms with E-state index in [4.69, 9.17) is 4.74 Å². The molecule has 0 amide bonds. The molecule has 0 fully saturated rings. The van der Waals surface area contributed by atoms with Crippen molar-refractivity contribution in [2.45, 2.75) is 32.7 Å². The van der Waals surface area contributed by atoms with Gasteiger partial charge < -0.3 is 10.1 Å². The second kappa shape index (κ2) is 7.34. The fourth-order valence-corrected chi connectivity index (χ4v) is 1.99. The zero-order valence-electron chi connectivity index (χ0n) is 11.2. The molecule has 0 aromatic carbocycles. The molecule has 6 nitrogen and oxygen atoms in total. The molecule has 1 aromatic rings. The molecular formula is C11H23N5O. The predicted octanol–water partition coefficient (Wildman–Crippen LogP) is 0.403. The molecule has 1 aromatic heterocycles. The second-order valence-electron chi connectivity index (χ2n) is 4.45. The summed E-state index contributed by atoms with van der Waals surface area (Å²) >= 11 is 0. The Morgan fingerprint density at radius 1 is 1.47 bits per heavy atom. The van der Waals surface area contributed by atoms with Gasteiger partial charge in [-0.25, -0.2) is 0 Å². The van der Waals surface area contributed by atoms with Crippen molar-refractivity contribution in [3.8, 4) is 0 Å². The number of ether oxygens (including phenoxy) is 1. The highest BCUT2D eigenvalue weighted by Crippen LogP contribution is 2.09. The minimum atomic E-state index is 0.384. The molecule has 1 rings (SSSR count). The van der Waals surface area contributed by atoms with Crippen molar-refractivity contribution in [3.05, 3.63) is 5.82 Å². The summed E-state index contributed by atoms with van der Waals surface area (Å²) in [5.74, 6) is 1.32. The number of hydrogen-bond acceptors (Lipinski definition) is 5. The van der Waals surface area contributed by atoms with Crippen molar-refractivity contribution >= 4 is 0 Å². The third-order valence-corrected chi connectivity index (χ3v) is 2.61. The Morgan fingerprint density at radius 2 is 2.24 bits per heavy atom. The van der Waals surface area contributed by atoms with E-state index in [1.54, 1.807) is 14.2 Å². The summed E-state index contributed by atoms with van der Waals surface area (Å²) < 4.78 is 5.16. The van der Waals surface area contributed by atoms with E-state index < -0.39 is 0 Å². The Bertz CT molecular complexity index is 315. The van der Waals surface area contributed by atoms with Crippen LogP contribution < -0.4 is 5.32 Å². The monoisotopic (exact) mass is 241 g/mol. The first kappa shape index (κ1) is 14.1. The molecule has 0 aliphatic carbocycles. The van der Waals surface area contributed by atoms with E-state index in [9.17, 15) is 0 Å². The van der Waals surface area contributed by atoms with Crippen LogP contribution in [-0.4, -0.2) is 46.5 Å². The van der Waals surface area contributed by atoms with Crippen molar-refractivity contribution in [2.24, 2.45) is 13.0 Å². The molecule has 0 bridgehead atoms. The molecule has 0 aliphatic heterocycles. The number of aromatic nitrogens is 4. The minimum Gasteiger partial charge on any atom is -0.384 e. The zero-order valence-corrected chi connectivity index (χ0v) is 11.2. The first-order valence-electron chi connectivity index (χ1n) is 6.10. The average Bonchev–Trinajstić information content (AvgIpc) is 2.64. The summed E-state index contributed by atoms with van der Waals surface area (Å²) in [6.07, 6.45) is 1.87. The Hall–Kier alpha value is -1.01. The van der Waals surface area contributed by atoms with E-state index in [0.717, 1.165) is 31.8 Å². The lowest BCUT2D eigenvalue weighted by molar-refractivity contribution is 0.149. The van der Waals surface area contributed by atoms with Crippen LogP contribution in [0.4, 0.5) is 0 Å². The molecule has 6 heteroatoms. The van der Waals surface area contributed by atoms with Crippen molar-refractivity contribution in [2.75, 3.05) is 20.3 Å². The van der Waals surface area contributed by atoms with E-state index in [-0.39, 0.29) is 0 Å². The summed E-state index contributed by atoms with van der Waals surface area (Å²) in [7, 11) is 3.52. The van der Waals surface area contributed by atoms with Crippen molar-refractivity contribution in [3.63, 3.8) is 0 Å². The number of tetrazole rings is 1. The highest BCUT2D eigenvalue weighted by atomic mass is 16.5. The van der Waals surface area contributed by atoms with Gasteiger partial charge in [-0.3, -0.25) is 0 Å². The second-order valence-corrected chi connectivity index (χ2v) is 4.45. The number of likely N-dealkylation sites (N-methyl/N-ethyl adjacent to an activating group) is 1. The highest BCUT2D eigenvalue weighted by molar-refractivity contribution is 4.85. The van der Waals surface area contributed by atoms with Crippen LogP contribution in [-0.2, 0) is 18.2 Å². The number of aryl methyl sites for hydroxylation is 1. The average molecular weight is 241 g/mol.